The maximum atomic E-state index is 13.3. The smallest absolute Gasteiger partial charge is 0.228 e. The molecule has 1 amide bonds. The maximum Gasteiger partial charge on any atom is 0.228 e. The van der Waals surface area contributed by atoms with Crippen molar-refractivity contribution < 1.29 is 14.3 Å². The fraction of sp³-hybridized carbons (Fsp3) is 0.269. The van der Waals surface area contributed by atoms with Crippen LogP contribution in [-0.2, 0) is 11.2 Å². The van der Waals surface area contributed by atoms with Crippen molar-refractivity contribution in [3.8, 4) is 5.75 Å². The van der Waals surface area contributed by atoms with E-state index in [4.69, 9.17) is 4.74 Å². The summed E-state index contributed by atoms with van der Waals surface area (Å²) in [5.74, 6) is 0.388. The van der Waals surface area contributed by atoms with Crippen molar-refractivity contribution in [2.75, 3.05) is 5.32 Å². The van der Waals surface area contributed by atoms with Crippen molar-refractivity contribution in [1.82, 2.24) is 19.5 Å². The summed E-state index contributed by atoms with van der Waals surface area (Å²) in [5.41, 5.74) is 2.91. The van der Waals surface area contributed by atoms with Crippen LogP contribution in [0.5, 0.6) is 5.75 Å². The molecule has 1 fully saturated rings. The molecule has 0 spiro atoms. The predicted molar refractivity (Wildman–Crippen MR) is 128 cm³/mol. The summed E-state index contributed by atoms with van der Waals surface area (Å²) in [7, 11) is 0. The lowest BCUT2D eigenvalue weighted by atomic mass is 10.1. The summed E-state index contributed by atoms with van der Waals surface area (Å²) >= 11 is 0. The van der Waals surface area contributed by atoms with Crippen LogP contribution in [0.2, 0.25) is 0 Å². The molecule has 4 aromatic rings. The van der Waals surface area contributed by atoms with Crippen LogP contribution in [0, 0.1) is 0 Å². The Bertz CT molecular complexity index is 1370. The molecule has 0 aliphatic heterocycles. The first-order valence-electron chi connectivity index (χ1n) is 11.3. The topological polar surface area (TPSA) is 99.0 Å². The van der Waals surface area contributed by atoms with Gasteiger partial charge in [-0.3, -0.25) is 14.6 Å². The summed E-state index contributed by atoms with van der Waals surface area (Å²) in [6.45, 7) is 4.06. The third-order valence-corrected chi connectivity index (χ3v) is 5.67. The first-order valence-corrected chi connectivity index (χ1v) is 11.3. The van der Waals surface area contributed by atoms with Crippen molar-refractivity contribution >= 4 is 28.4 Å². The van der Waals surface area contributed by atoms with E-state index in [1.165, 1.54) is 18.7 Å². The molecule has 5 rings (SSSR count). The number of pyridine rings is 1. The largest absolute Gasteiger partial charge is 0.490 e. The molecule has 0 bridgehead atoms. The van der Waals surface area contributed by atoms with Crippen LogP contribution in [0.25, 0.3) is 11.0 Å². The van der Waals surface area contributed by atoms with E-state index in [0.29, 0.717) is 34.0 Å². The normalized spacial score (nSPS) is 13.3. The van der Waals surface area contributed by atoms with Gasteiger partial charge in [0, 0.05) is 35.6 Å². The van der Waals surface area contributed by atoms with Crippen LogP contribution >= 0.6 is 0 Å². The van der Waals surface area contributed by atoms with Gasteiger partial charge >= 0.3 is 0 Å². The molecule has 8 heteroatoms. The molecular formula is C26H25N5O3. The summed E-state index contributed by atoms with van der Waals surface area (Å²) in [5, 5.41) is 3.53. The maximum absolute atomic E-state index is 13.3. The second-order valence-electron chi connectivity index (χ2n) is 8.78. The summed E-state index contributed by atoms with van der Waals surface area (Å²) in [6, 6.07) is 9.35. The Kier molecular flexibility index (Phi) is 5.79. The lowest BCUT2D eigenvalue weighted by molar-refractivity contribution is -0.115. The van der Waals surface area contributed by atoms with Crippen molar-refractivity contribution in [3.05, 3.63) is 78.1 Å². The van der Waals surface area contributed by atoms with E-state index < -0.39 is 0 Å². The van der Waals surface area contributed by atoms with Crippen LogP contribution in [0.1, 0.15) is 54.2 Å². The number of fused-ring (bicyclic) bond motifs is 1. The highest BCUT2D eigenvalue weighted by Crippen LogP contribution is 2.27. The minimum absolute atomic E-state index is 0.135. The van der Waals surface area contributed by atoms with Gasteiger partial charge in [0.2, 0.25) is 5.91 Å². The number of anilines is 1. The van der Waals surface area contributed by atoms with Crippen LogP contribution < -0.4 is 10.1 Å². The number of carbonyl (C=O) groups excluding carboxylic acids is 2. The molecule has 8 nitrogen and oxygen atoms in total. The lowest BCUT2D eigenvalue weighted by Gasteiger charge is -2.09. The van der Waals surface area contributed by atoms with Gasteiger partial charge < -0.3 is 14.6 Å². The predicted octanol–water partition coefficient (Wildman–Crippen LogP) is 4.36. The third-order valence-electron chi connectivity index (χ3n) is 5.67. The Morgan fingerprint density at radius 3 is 2.79 bits per heavy atom. The van der Waals surface area contributed by atoms with E-state index in [2.05, 4.69) is 20.3 Å². The third kappa shape index (κ3) is 4.66. The van der Waals surface area contributed by atoms with Crippen molar-refractivity contribution in [1.29, 1.82) is 0 Å². The zero-order chi connectivity index (χ0) is 23.7. The number of nitrogens with zero attached hydrogens (tertiary/aromatic N) is 4. The Labute approximate surface area is 197 Å². The van der Waals surface area contributed by atoms with E-state index in [1.54, 1.807) is 18.5 Å². The number of amides is 1. The molecular weight excluding hydrogens is 430 g/mol. The Morgan fingerprint density at radius 2 is 2.00 bits per heavy atom. The molecule has 0 saturated heterocycles. The van der Waals surface area contributed by atoms with Crippen molar-refractivity contribution in [3.63, 3.8) is 0 Å². The lowest BCUT2D eigenvalue weighted by Crippen LogP contribution is -2.15. The molecule has 1 aromatic carbocycles. The van der Waals surface area contributed by atoms with Crippen LogP contribution in [0.3, 0.4) is 0 Å². The van der Waals surface area contributed by atoms with Crippen LogP contribution in [0.15, 0.2) is 61.4 Å². The van der Waals surface area contributed by atoms with E-state index in [9.17, 15) is 9.59 Å². The molecule has 0 radical (unpaired) electrons. The Morgan fingerprint density at radius 1 is 1.15 bits per heavy atom. The number of nitrogens with one attached hydrogen (secondary N) is 1. The molecule has 3 aromatic heterocycles. The van der Waals surface area contributed by atoms with Crippen molar-refractivity contribution in [2.24, 2.45) is 0 Å². The molecule has 1 aliphatic carbocycles. The Balaban J connectivity index is 1.32. The minimum atomic E-state index is -0.201. The van der Waals surface area contributed by atoms with Gasteiger partial charge in [-0.25, -0.2) is 9.97 Å². The monoisotopic (exact) mass is 455 g/mol. The highest BCUT2D eigenvalue weighted by Gasteiger charge is 2.23. The highest BCUT2D eigenvalue weighted by atomic mass is 16.5. The number of carbonyl (C=O) groups is 2. The molecule has 1 N–H and O–H groups in total. The molecule has 172 valence electrons. The number of hydrogen-bond donors (Lipinski definition) is 1. The molecule has 1 saturated carbocycles. The molecule has 34 heavy (non-hydrogen) atoms. The van der Waals surface area contributed by atoms with E-state index in [0.717, 1.165) is 24.2 Å². The van der Waals surface area contributed by atoms with E-state index in [-0.39, 0.29) is 24.2 Å². The number of rotatable bonds is 8. The number of ketones is 1. The fourth-order valence-corrected chi connectivity index (χ4v) is 3.85. The second-order valence-corrected chi connectivity index (χ2v) is 8.78. The van der Waals surface area contributed by atoms with Gasteiger partial charge in [0.05, 0.1) is 30.0 Å². The zero-order valence-corrected chi connectivity index (χ0v) is 19.1. The van der Waals surface area contributed by atoms with Gasteiger partial charge in [0.1, 0.15) is 17.7 Å². The Hall–Kier alpha value is -4.07. The van der Waals surface area contributed by atoms with Gasteiger partial charge in [-0.05, 0) is 50.5 Å². The first-order chi connectivity index (χ1) is 16.5. The van der Waals surface area contributed by atoms with Gasteiger partial charge in [0.15, 0.2) is 5.78 Å². The highest BCUT2D eigenvalue weighted by molar-refractivity contribution is 6.16. The number of hydrogen-bond acceptors (Lipinski definition) is 6. The SMILES string of the molecule is CC(C)n1cc(C(=O)c2cncc(NC(=O)Cc3cccc(OC4CC4)c3)c2)c2cncnc21. The zero-order valence-electron chi connectivity index (χ0n) is 19.1. The van der Waals surface area contributed by atoms with Crippen LogP contribution in [-0.4, -0.2) is 37.3 Å². The number of ether oxygens (including phenoxy) is 1. The van der Waals surface area contributed by atoms with Gasteiger partial charge in [-0.15, -0.1) is 0 Å². The number of aromatic nitrogens is 4. The summed E-state index contributed by atoms with van der Waals surface area (Å²) in [4.78, 5) is 38.6. The van der Waals surface area contributed by atoms with Crippen molar-refractivity contribution in [2.45, 2.75) is 45.3 Å². The van der Waals surface area contributed by atoms with Crippen LogP contribution in [0.4, 0.5) is 5.69 Å². The average Bonchev–Trinajstić information content (AvgIpc) is 3.55. The second kappa shape index (κ2) is 9.05. The van der Waals surface area contributed by atoms with Gasteiger partial charge in [-0.1, -0.05) is 12.1 Å². The minimum Gasteiger partial charge on any atom is -0.490 e. The van der Waals surface area contributed by atoms with Gasteiger partial charge in [-0.2, -0.15) is 0 Å². The quantitative estimate of drug-likeness (QED) is 0.396. The fourth-order valence-electron chi connectivity index (χ4n) is 3.85. The molecule has 0 unspecified atom stereocenters. The van der Waals surface area contributed by atoms with Gasteiger partial charge in [0.25, 0.3) is 0 Å². The summed E-state index contributed by atoms with van der Waals surface area (Å²) < 4.78 is 7.76. The van der Waals surface area contributed by atoms with E-state index >= 15 is 0 Å². The number of benzene rings is 1. The first kappa shape index (κ1) is 21.8. The average molecular weight is 456 g/mol. The standard InChI is InChI=1S/C26H25N5O3/c1-16(2)31-14-23(22-13-28-15-29-26(22)31)25(33)18-10-19(12-27-11-18)30-24(32)9-17-4-3-5-21(8-17)34-20-6-7-20/h3-5,8,10-16,20H,6-7,9H2,1-2H3,(H,30,32). The van der Waals surface area contributed by atoms with E-state index in [1.807, 2.05) is 42.7 Å². The molecule has 3 heterocycles. The molecule has 0 atom stereocenters. The molecule has 1 aliphatic rings. The summed E-state index contributed by atoms with van der Waals surface area (Å²) in [6.07, 6.45) is 10.6.